The molecule has 0 aliphatic heterocycles. The maximum Gasteiger partial charge on any atom is 0.159 e. The first-order valence-corrected chi connectivity index (χ1v) is 12.5. The van der Waals surface area contributed by atoms with Crippen LogP contribution in [0, 0.1) is 28.6 Å². The van der Waals surface area contributed by atoms with Crippen LogP contribution in [-0.2, 0) is 4.79 Å². The lowest BCUT2D eigenvalue weighted by Gasteiger charge is -2.60. The fourth-order valence-electron chi connectivity index (χ4n) is 7.90. The molecule has 4 aliphatic carbocycles. The van der Waals surface area contributed by atoms with Crippen LogP contribution in [0.2, 0.25) is 0 Å². The van der Waals surface area contributed by atoms with Crippen molar-refractivity contribution in [1.29, 1.82) is 0 Å². The van der Waals surface area contributed by atoms with Gasteiger partial charge in [0.2, 0.25) is 0 Å². The van der Waals surface area contributed by atoms with Crippen molar-refractivity contribution in [1.82, 2.24) is 0 Å². The Labute approximate surface area is 192 Å². The summed E-state index contributed by atoms with van der Waals surface area (Å²) in [6, 6.07) is 0. The van der Waals surface area contributed by atoms with E-state index in [1.54, 1.807) is 6.08 Å². The van der Waals surface area contributed by atoms with Crippen LogP contribution < -0.4 is 0 Å². The van der Waals surface area contributed by atoms with Crippen molar-refractivity contribution in [3.63, 3.8) is 0 Å². The van der Waals surface area contributed by atoms with Gasteiger partial charge in [-0.15, -0.1) is 0 Å². The first-order chi connectivity index (χ1) is 14.7. The number of carbonyl (C=O) groups is 1. The van der Waals surface area contributed by atoms with E-state index in [0.29, 0.717) is 25.7 Å². The summed E-state index contributed by atoms with van der Waals surface area (Å²) in [5, 5.41) is 42.9. The highest BCUT2D eigenvalue weighted by Gasteiger charge is 2.66. The fourth-order valence-corrected chi connectivity index (χ4v) is 7.90. The van der Waals surface area contributed by atoms with Crippen molar-refractivity contribution in [3.8, 4) is 0 Å². The van der Waals surface area contributed by atoms with Gasteiger partial charge in [0, 0.05) is 11.3 Å². The van der Waals surface area contributed by atoms with Gasteiger partial charge < -0.3 is 20.4 Å². The maximum atomic E-state index is 13.2. The molecule has 0 aromatic carbocycles. The standard InChI is InChI=1S/C27H42O5/c1-16(7-6-10-24(2,3)31)17-9-12-27(32)19-13-21(28)20-14-22(29)23(30)15-25(20,4)18(19)8-11-26(17,27)5/h7,13,17-18,20,22-23,29-32H,6,8-12,14-15H2,1-5H3. The number of fused-ring (bicyclic) bond motifs is 5. The van der Waals surface area contributed by atoms with Crippen LogP contribution >= 0.6 is 0 Å². The lowest BCUT2D eigenvalue weighted by molar-refractivity contribution is -0.151. The van der Waals surface area contributed by atoms with E-state index < -0.39 is 28.8 Å². The Morgan fingerprint density at radius 1 is 1.16 bits per heavy atom. The summed E-state index contributed by atoms with van der Waals surface area (Å²) in [5.41, 5.74) is -0.309. The van der Waals surface area contributed by atoms with Crippen molar-refractivity contribution < 1.29 is 25.2 Å². The fraction of sp³-hybridized carbons (Fsp3) is 0.815. The topological polar surface area (TPSA) is 98.0 Å². The van der Waals surface area contributed by atoms with Crippen LogP contribution in [0.15, 0.2) is 23.3 Å². The molecule has 0 radical (unpaired) electrons. The average Bonchev–Trinajstić information content (AvgIpc) is 2.95. The van der Waals surface area contributed by atoms with Crippen molar-refractivity contribution in [2.75, 3.05) is 0 Å². The Kier molecular flexibility index (Phi) is 5.85. The van der Waals surface area contributed by atoms with Gasteiger partial charge in [0.1, 0.15) is 0 Å². The van der Waals surface area contributed by atoms with Crippen LogP contribution in [0.3, 0.4) is 0 Å². The summed E-state index contributed by atoms with van der Waals surface area (Å²) in [7, 11) is 0. The third-order valence-corrected chi connectivity index (χ3v) is 9.89. The molecular weight excluding hydrogens is 404 g/mol. The predicted molar refractivity (Wildman–Crippen MR) is 124 cm³/mol. The molecule has 0 heterocycles. The largest absolute Gasteiger partial charge is 0.390 e. The number of aliphatic hydroxyl groups excluding tert-OH is 2. The van der Waals surface area contributed by atoms with E-state index in [9.17, 15) is 25.2 Å². The smallest absolute Gasteiger partial charge is 0.159 e. The summed E-state index contributed by atoms with van der Waals surface area (Å²) in [6.07, 6.45) is 7.79. The van der Waals surface area contributed by atoms with Gasteiger partial charge >= 0.3 is 0 Å². The molecule has 0 aromatic heterocycles. The van der Waals surface area contributed by atoms with Crippen molar-refractivity contribution in [3.05, 3.63) is 23.3 Å². The van der Waals surface area contributed by atoms with E-state index in [0.717, 1.165) is 31.3 Å². The zero-order valence-electron chi connectivity index (χ0n) is 20.4. The summed E-state index contributed by atoms with van der Waals surface area (Å²) < 4.78 is 0. The molecule has 3 fully saturated rings. The first kappa shape index (κ1) is 24.1. The molecule has 180 valence electrons. The summed E-state index contributed by atoms with van der Waals surface area (Å²) in [6.45, 7) is 10.1. The van der Waals surface area contributed by atoms with E-state index in [1.165, 1.54) is 5.57 Å². The Bertz CT molecular complexity index is 837. The van der Waals surface area contributed by atoms with Gasteiger partial charge in [-0.05, 0) is 101 Å². The predicted octanol–water partition coefficient (Wildman–Crippen LogP) is 3.69. The lowest BCUT2D eigenvalue weighted by atomic mass is 9.46. The van der Waals surface area contributed by atoms with Gasteiger partial charge in [-0.25, -0.2) is 0 Å². The molecule has 5 heteroatoms. The van der Waals surface area contributed by atoms with E-state index in [1.807, 2.05) is 13.8 Å². The molecule has 8 unspecified atom stereocenters. The van der Waals surface area contributed by atoms with Crippen LogP contribution in [0.5, 0.6) is 0 Å². The Hall–Kier alpha value is -1.01. The monoisotopic (exact) mass is 446 g/mol. The average molecular weight is 447 g/mol. The molecule has 0 amide bonds. The zero-order valence-corrected chi connectivity index (χ0v) is 20.4. The van der Waals surface area contributed by atoms with E-state index in [2.05, 4.69) is 26.8 Å². The van der Waals surface area contributed by atoms with Crippen molar-refractivity contribution >= 4 is 5.78 Å². The quantitative estimate of drug-likeness (QED) is 0.494. The SMILES string of the molecule is CC(=CCCC(C)(C)O)C1CCC2(O)C3=CC(=O)C4CC(O)C(O)CC4(C)C3CCC12C. The lowest BCUT2D eigenvalue weighted by Crippen LogP contribution is -2.60. The van der Waals surface area contributed by atoms with Crippen molar-refractivity contribution in [2.24, 2.45) is 28.6 Å². The summed E-state index contributed by atoms with van der Waals surface area (Å²) >= 11 is 0. The normalized spacial score (nSPS) is 46.9. The molecule has 0 saturated heterocycles. The van der Waals surface area contributed by atoms with Gasteiger partial charge in [-0.1, -0.05) is 25.5 Å². The third-order valence-electron chi connectivity index (χ3n) is 9.89. The molecule has 0 bridgehead atoms. The van der Waals surface area contributed by atoms with Gasteiger partial charge in [-0.2, -0.15) is 0 Å². The number of carbonyl (C=O) groups excluding carboxylic acids is 1. The minimum atomic E-state index is -1.02. The van der Waals surface area contributed by atoms with E-state index >= 15 is 0 Å². The number of hydrogen-bond donors (Lipinski definition) is 4. The molecule has 4 N–H and O–H groups in total. The molecule has 3 saturated carbocycles. The molecule has 5 nitrogen and oxygen atoms in total. The van der Waals surface area contributed by atoms with Crippen LogP contribution in [-0.4, -0.2) is 49.6 Å². The molecular formula is C27H42O5. The number of aliphatic hydroxyl groups is 4. The highest BCUT2D eigenvalue weighted by molar-refractivity contribution is 5.95. The summed E-state index contributed by atoms with van der Waals surface area (Å²) in [4.78, 5) is 13.2. The van der Waals surface area contributed by atoms with E-state index in [4.69, 9.17) is 0 Å². The minimum absolute atomic E-state index is 0.00302. The molecule has 0 aromatic rings. The van der Waals surface area contributed by atoms with Crippen LogP contribution in [0.1, 0.15) is 86.0 Å². The highest BCUT2D eigenvalue weighted by Crippen LogP contribution is 2.68. The minimum Gasteiger partial charge on any atom is -0.390 e. The summed E-state index contributed by atoms with van der Waals surface area (Å²) in [5.74, 6) is 0.0192. The third kappa shape index (κ3) is 3.55. The highest BCUT2D eigenvalue weighted by atomic mass is 16.3. The Morgan fingerprint density at radius 2 is 1.84 bits per heavy atom. The Morgan fingerprint density at radius 3 is 2.50 bits per heavy atom. The Balaban J connectivity index is 1.65. The second kappa shape index (κ2) is 7.76. The number of hydrogen-bond acceptors (Lipinski definition) is 5. The van der Waals surface area contributed by atoms with E-state index in [-0.39, 0.29) is 29.0 Å². The van der Waals surface area contributed by atoms with Gasteiger partial charge in [-0.3, -0.25) is 4.79 Å². The second-order valence-corrected chi connectivity index (χ2v) is 12.4. The molecule has 8 atom stereocenters. The van der Waals surface area contributed by atoms with Crippen molar-refractivity contribution in [2.45, 2.75) is 109 Å². The molecule has 32 heavy (non-hydrogen) atoms. The van der Waals surface area contributed by atoms with Gasteiger partial charge in [0.25, 0.3) is 0 Å². The van der Waals surface area contributed by atoms with Crippen LogP contribution in [0.25, 0.3) is 0 Å². The second-order valence-electron chi connectivity index (χ2n) is 12.4. The molecule has 4 aliphatic rings. The van der Waals surface area contributed by atoms with Crippen LogP contribution in [0.4, 0.5) is 0 Å². The van der Waals surface area contributed by atoms with Gasteiger partial charge in [0.05, 0.1) is 23.4 Å². The first-order valence-electron chi connectivity index (χ1n) is 12.5. The zero-order chi connectivity index (χ0) is 23.7. The molecule has 4 rings (SSSR count). The number of rotatable bonds is 4. The molecule has 0 spiro atoms. The number of ketones is 1. The van der Waals surface area contributed by atoms with Gasteiger partial charge in [0.15, 0.2) is 5.78 Å². The maximum absolute atomic E-state index is 13.2. The number of allylic oxidation sites excluding steroid dienone is 3.